The number of nitriles is 1. The molecule has 29 heavy (non-hydrogen) atoms. The highest BCUT2D eigenvalue weighted by atomic mass is 16.5. The third-order valence-corrected chi connectivity index (χ3v) is 4.48. The molecule has 0 saturated carbocycles. The molecule has 2 aromatic rings. The number of rotatable bonds is 11. The SMILES string of the molecule is C=Nc1nc(COc2ccccc2)cn1/C=C(\C)C(CCC)/C(=C\CC#N)OC. The summed E-state index contributed by atoms with van der Waals surface area (Å²) in [5.41, 5.74) is 1.86. The summed E-state index contributed by atoms with van der Waals surface area (Å²) in [5.74, 6) is 2.19. The summed E-state index contributed by atoms with van der Waals surface area (Å²) >= 11 is 0. The van der Waals surface area contributed by atoms with E-state index < -0.39 is 0 Å². The maximum Gasteiger partial charge on any atom is 0.233 e. The van der Waals surface area contributed by atoms with Crippen molar-refractivity contribution in [3.05, 3.63) is 59.6 Å². The molecule has 0 fully saturated rings. The summed E-state index contributed by atoms with van der Waals surface area (Å²) in [6, 6.07) is 11.8. The van der Waals surface area contributed by atoms with E-state index in [1.807, 2.05) is 60.3 Å². The predicted octanol–water partition coefficient (Wildman–Crippen LogP) is 5.52. The number of para-hydroxylation sites is 1. The van der Waals surface area contributed by atoms with Crippen molar-refractivity contribution in [1.29, 1.82) is 5.26 Å². The number of nitrogens with zero attached hydrogens (tertiary/aromatic N) is 4. The molecule has 1 heterocycles. The Labute approximate surface area is 172 Å². The van der Waals surface area contributed by atoms with Crippen LogP contribution in [0.5, 0.6) is 5.75 Å². The standard InChI is InChI=1S/C23H28N4O2/c1-5-10-21(22(28-4)13-9-14-24)18(2)15-27-16-19(26-23(27)25-3)17-29-20-11-7-6-8-12-20/h6-8,11-13,15-16,21H,3,5,9-10,17H2,1-2,4H3/b18-15+,22-13+. The van der Waals surface area contributed by atoms with Crippen LogP contribution in [0.2, 0.25) is 0 Å². The molecule has 0 saturated heterocycles. The van der Waals surface area contributed by atoms with Crippen LogP contribution < -0.4 is 4.74 Å². The molecule has 6 heteroatoms. The molecule has 1 unspecified atom stereocenters. The summed E-state index contributed by atoms with van der Waals surface area (Å²) in [5, 5.41) is 8.89. The van der Waals surface area contributed by atoms with Gasteiger partial charge in [0, 0.05) is 18.3 Å². The van der Waals surface area contributed by atoms with E-state index in [1.165, 1.54) is 0 Å². The highest BCUT2D eigenvalue weighted by Crippen LogP contribution is 2.28. The van der Waals surface area contributed by atoms with Gasteiger partial charge in [-0.25, -0.2) is 9.98 Å². The Bertz CT molecular complexity index is 891. The molecule has 1 atom stereocenters. The van der Waals surface area contributed by atoms with E-state index in [0.717, 1.165) is 35.6 Å². The van der Waals surface area contributed by atoms with E-state index in [9.17, 15) is 0 Å². The first kappa shape index (κ1) is 22.0. The van der Waals surface area contributed by atoms with Crippen molar-refractivity contribution >= 4 is 18.9 Å². The molecular formula is C23H28N4O2. The van der Waals surface area contributed by atoms with Gasteiger partial charge in [-0.1, -0.05) is 31.5 Å². The van der Waals surface area contributed by atoms with Gasteiger partial charge < -0.3 is 9.47 Å². The Hall–Kier alpha value is -3.33. The molecule has 0 amide bonds. The van der Waals surface area contributed by atoms with Crippen molar-refractivity contribution in [3.8, 4) is 11.8 Å². The van der Waals surface area contributed by atoms with Crippen molar-refractivity contribution in [3.63, 3.8) is 0 Å². The highest BCUT2D eigenvalue weighted by Gasteiger charge is 2.17. The first-order valence-electron chi connectivity index (χ1n) is 9.64. The number of methoxy groups -OCH3 is 1. The zero-order valence-electron chi connectivity index (χ0n) is 17.3. The first-order valence-corrected chi connectivity index (χ1v) is 9.64. The van der Waals surface area contributed by atoms with Gasteiger partial charge >= 0.3 is 0 Å². The number of allylic oxidation sites excluding steroid dienone is 2. The Morgan fingerprint density at radius 3 is 2.76 bits per heavy atom. The van der Waals surface area contributed by atoms with Gasteiger partial charge in [0.2, 0.25) is 5.95 Å². The molecule has 0 aliphatic heterocycles. The smallest absolute Gasteiger partial charge is 0.233 e. The van der Waals surface area contributed by atoms with Crippen LogP contribution in [0.3, 0.4) is 0 Å². The molecule has 0 bridgehead atoms. The molecule has 0 aliphatic rings. The van der Waals surface area contributed by atoms with Crippen molar-refractivity contribution in [2.45, 2.75) is 39.7 Å². The molecule has 0 aliphatic carbocycles. The van der Waals surface area contributed by atoms with Crippen LogP contribution in [-0.4, -0.2) is 23.4 Å². The van der Waals surface area contributed by atoms with Gasteiger partial charge in [-0.05, 0) is 43.8 Å². The van der Waals surface area contributed by atoms with Crippen LogP contribution in [-0.2, 0) is 11.3 Å². The van der Waals surface area contributed by atoms with Crippen LogP contribution in [0.4, 0.5) is 5.95 Å². The first-order chi connectivity index (χ1) is 14.1. The number of aliphatic imine (C=N–C) groups is 1. The van der Waals surface area contributed by atoms with Crippen LogP contribution in [0, 0.1) is 17.2 Å². The van der Waals surface area contributed by atoms with E-state index in [2.05, 4.69) is 29.7 Å². The minimum Gasteiger partial charge on any atom is -0.501 e. The average molecular weight is 393 g/mol. The lowest BCUT2D eigenvalue weighted by molar-refractivity contribution is 0.246. The van der Waals surface area contributed by atoms with E-state index in [1.54, 1.807) is 7.11 Å². The molecule has 0 N–H and O–H groups in total. The molecule has 0 radical (unpaired) electrons. The fourth-order valence-corrected chi connectivity index (χ4v) is 3.10. The summed E-state index contributed by atoms with van der Waals surface area (Å²) in [7, 11) is 1.64. The minimum atomic E-state index is 0.0856. The van der Waals surface area contributed by atoms with Crippen LogP contribution in [0.25, 0.3) is 6.20 Å². The monoisotopic (exact) mass is 392 g/mol. The maximum atomic E-state index is 8.89. The minimum absolute atomic E-state index is 0.0856. The van der Waals surface area contributed by atoms with Gasteiger partial charge in [0.05, 0.1) is 31.1 Å². The van der Waals surface area contributed by atoms with Gasteiger partial charge in [-0.15, -0.1) is 0 Å². The van der Waals surface area contributed by atoms with Crippen LogP contribution in [0.15, 0.2) is 58.9 Å². The summed E-state index contributed by atoms with van der Waals surface area (Å²) < 4.78 is 13.2. The van der Waals surface area contributed by atoms with Gasteiger partial charge in [-0.2, -0.15) is 5.26 Å². The summed E-state index contributed by atoms with van der Waals surface area (Å²) in [6.45, 7) is 8.15. The lowest BCUT2D eigenvalue weighted by Gasteiger charge is -2.20. The molecular weight excluding hydrogens is 364 g/mol. The van der Waals surface area contributed by atoms with E-state index >= 15 is 0 Å². The highest BCUT2D eigenvalue weighted by molar-refractivity contribution is 5.45. The van der Waals surface area contributed by atoms with Crippen molar-refractivity contribution in [2.24, 2.45) is 10.9 Å². The number of imidazole rings is 1. The number of hydrogen-bond donors (Lipinski definition) is 0. The third-order valence-electron chi connectivity index (χ3n) is 4.48. The normalized spacial score (nSPS) is 12.9. The number of aromatic nitrogens is 2. The second kappa shape index (κ2) is 11.5. The number of hydrogen-bond acceptors (Lipinski definition) is 5. The van der Waals surface area contributed by atoms with Gasteiger partial charge in [0.15, 0.2) is 0 Å². The van der Waals surface area contributed by atoms with Gasteiger partial charge in [0.25, 0.3) is 0 Å². The largest absolute Gasteiger partial charge is 0.501 e. The van der Waals surface area contributed by atoms with E-state index in [0.29, 0.717) is 19.0 Å². The van der Waals surface area contributed by atoms with Gasteiger partial charge in [-0.3, -0.25) is 4.57 Å². The summed E-state index contributed by atoms with van der Waals surface area (Å²) in [4.78, 5) is 8.52. The molecule has 1 aromatic carbocycles. The quantitative estimate of drug-likeness (QED) is 0.373. The van der Waals surface area contributed by atoms with Crippen molar-refractivity contribution < 1.29 is 9.47 Å². The van der Waals surface area contributed by atoms with E-state index in [4.69, 9.17) is 14.7 Å². The average Bonchev–Trinajstić information content (AvgIpc) is 3.14. The predicted molar refractivity (Wildman–Crippen MR) is 116 cm³/mol. The van der Waals surface area contributed by atoms with Gasteiger partial charge in [0.1, 0.15) is 12.4 Å². The molecule has 1 aromatic heterocycles. The molecule has 152 valence electrons. The topological polar surface area (TPSA) is 72.4 Å². The molecule has 0 spiro atoms. The molecule has 6 nitrogen and oxygen atoms in total. The fourth-order valence-electron chi connectivity index (χ4n) is 3.10. The number of ether oxygens (including phenoxy) is 2. The number of benzene rings is 1. The fraction of sp³-hybridized carbons (Fsp3) is 0.348. The van der Waals surface area contributed by atoms with Crippen molar-refractivity contribution in [2.75, 3.05) is 7.11 Å². The molecule has 2 rings (SSSR count). The third kappa shape index (κ3) is 6.35. The Balaban J connectivity index is 2.24. The zero-order chi connectivity index (χ0) is 21.1. The van der Waals surface area contributed by atoms with Crippen LogP contribution >= 0.6 is 0 Å². The summed E-state index contributed by atoms with van der Waals surface area (Å²) in [6.07, 6.45) is 7.96. The lowest BCUT2D eigenvalue weighted by atomic mass is 9.93. The zero-order valence-corrected chi connectivity index (χ0v) is 17.3. The van der Waals surface area contributed by atoms with E-state index in [-0.39, 0.29) is 5.92 Å². The lowest BCUT2D eigenvalue weighted by Crippen LogP contribution is -2.08. The Morgan fingerprint density at radius 2 is 2.14 bits per heavy atom. The second-order valence-corrected chi connectivity index (χ2v) is 6.59. The Morgan fingerprint density at radius 1 is 1.38 bits per heavy atom. The van der Waals surface area contributed by atoms with Crippen LogP contribution in [0.1, 0.15) is 38.8 Å². The second-order valence-electron chi connectivity index (χ2n) is 6.59. The maximum absolute atomic E-state index is 8.89. The Kier molecular flexibility index (Phi) is 8.71. The van der Waals surface area contributed by atoms with Crippen molar-refractivity contribution in [1.82, 2.24) is 9.55 Å².